The van der Waals surface area contributed by atoms with Crippen LogP contribution in [-0.2, 0) is 5.41 Å². The molecule has 0 saturated carbocycles. The summed E-state index contributed by atoms with van der Waals surface area (Å²) in [6.45, 7) is 12.2. The monoisotopic (exact) mass is 260 g/mol. The molecule has 19 heavy (non-hydrogen) atoms. The molecule has 0 aliphatic rings. The minimum atomic E-state index is -0.403. The van der Waals surface area contributed by atoms with Gasteiger partial charge >= 0.3 is 0 Å². The first-order chi connectivity index (χ1) is 11.4. The average molecular weight is 260 g/mol. The van der Waals surface area contributed by atoms with Gasteiger partial charge in [0.05, 0.1) is 8.22 Å². The van der Waals surface area contributed by atoms with E-state index in [4.69, 9.17) is 8.22 Å². The van der Waals surface area contributed by atoms with E-state index in [-0.39, 0.29) is 53.5 Å². The van der Waals surface area contributed by atoms with Crippen LogP contribution in [0.2, 0.25) is 0 Å². The molecule has 2 aromatic rings. The average Bonchev–Trinajstić information content (AvgIpc) is 2.51. The fraction of sp³-hybridized carbons (Fsp3) is 0.474. The highest BCUT2D eigenvalue weighted by molar-refractivity contribution is 5.88. The van der Waals surface area contributed by atoms with Crippen molar-refractivity contribution in [3.63, 3.8) is 0 Å². The third-order valence-corrected chi connectivity index (χ3v) is 4.19. The first-order valence-electron chi connectivity index (χ1n) is 9.89. The maximum atomic E-state index is 8.52. The summed E-state index contributed by atoms with van der Waals surface area (Å²) in [5.74, 6) is 0.176. The number of benzene rings is 2. The number of hydrogen-bond donors (Lipinski definition) is 0. The summed E-state index contributed by atoms with van der Waals surface area (Å²) in [6, 6.07) is -1.04. The van der Waals surface area contributed by atoms with Gasteiger partial charge in [-0.2, -0.15) is 0 Å². The standard InChI is InChI=1S/C19H26/c1-13(2)16-12-11-15-9-7-8-10-17(15)18(16)19(5,6)14(3)4/h7-14H,1-6H3/i7D,8D,9D,10D,11D,12D. The van der Waals surface area contributed by atoms with Crippen LogP contribution in [-0.4, -0.2) is 0 Å². The molecule has 0 radical (unpaired) electrons. The summed E-state index contributed by atoms with van der Waals surface area (Å²) in [7, 11) is 0. The summed E-state index contributed by atoms with van der Waals surface area (Å²) in [5, 5.41) is 0.554. The van der Waals surface area contributed by atoms with E-state index < -0.39 is 5.41 Å². The Labute approximate surface area is 126 Å². The van der Waals surface area contributed by atoms with Crippen molar-refractivity contribution in [2.24, 2.45) is 5.92 Å². The molecule has 0 aliphatic carbocycles. The highest BCUT2D eigenvalue weighted by Crippen LogP contribution is 2.40. The van der Waals surface area contributed by atoms with E-state index in [1.54, 1.807) is 0 Å². The summed E-state index contributed by atoms with van der Waals surface area (Å²) in [5.41, 5.74) is 1.08. The number of fused-ring (bicyclic) bond motifs is 1. The molecule has 0 amide bonds. The van der Waals surface area contributed by atoms with Crippen LogP contribution in [0.5, 0.6) is 0 Å². The summed E-state index contributed by atoms with van der Waals surface area (Å²) in [4.78, 5) is 0. The van der Waals surface area contributed by atoms with E-state index in [9.17, 15) is 0 Å². The smallest absolute Gasteiger partial charge is 0.0619 e. The van der Waals surface area contributed by atoms with Crippen LogP contribution in [0.3, 0.4) is 0 Å². The molecule has 0 heterocycles. The zero-order valence-electron chi connectivity index (χ0n) is 18.7. The van der Waals surface area contributed by atoms with Crippen molar-refractivity contribution in [2.45, 2.75) is 52.9 Å². The number of rotatable bonds is 3. The lowest BCUT2D eigenvalue weighted by Gasteiger charge is -2.34. The van der Waals surface area contributed by atoms with Gasteiger partial charge in [0.2, 0.25) is 0 Å². The third-order valence-electron chi connectivity index (χ3n) is 4.19. The van der Waals surface area contributed by atoms with Crippen LogP contribution in [0.4, 0.5) is 0 Å². The van der Waals surface area contributed by atoms with E-state index in [2.05, 4.69) is 13.8 Å². The predicted octanol–water partition coefficient (Wildman–Crippen LogP) is 5.90. The maximum absolute atomic E-state index is 8.52. The molecule has 0 unspecified atom stereocenters. The molecule has 0 heteroatoms. The van der Waals surface area contributed by atoms with Gasteiger partial charge in [0, 0.05) is 0 Å². The molecule has 0 aromatic heterocycles. The highest BCUT2D eigenvalue weighted by atomic mass is 14.3. The molecule has 0 fully saturated rings. The van der Waals surface area contributed by atoms with Crippen molar-refractivity contribution in [3.8, 4) is 0 Å². The van der Waals surface area contributed by atoms with E-state index in [1.807, 2.05) is 27.7 Å². The maximum Gasteiger partial charge on any atom is 0.0629 e. The molecule has 0 bridgehead atoms. The second-order valence-corrected chi connectivity index (χ2v) is 6.32. The zero-order chi connectivity index (χ0) is 19.4. The van der Waals surface area contributed by atoms with Gasteiger partial charge in [-0.1, -0.05) is 77.8 Å². The van der Waals surface area contributed by atoms with Crippen LogP contribution in [0, 0.1) is 5.92 Å². The second kappa shape index (κ2) is 5.00. The predicted molar refractivity (Wildman–Crippen MR) is 85.9 cm³/mol. The first kappa shape index (κ1) is 8.09. The quantitative estimate of drug-likeness (QED) is 0.645. The Morgan fingerprint density at radius 2 is 1.58 bits per heavy atom. The van der Waals surface area contributed by atoms with Gasteiger partial charge in [-0.15, -0.1) is 0 Å². The first-order valence-corrected chi connectivity index (χ1v) is 6.89. The molecule has 2 rings (SSSR count). The molecule has 0 aliphatic heterocycles. The minimum Gasteiger partial charge on any atom is -0.0619 e. The van der Waals surface area contributed by atoms with Gasteiger partial charge in [-0.3, -0.25) is 0 Å². The molecule has 0 nitrogen and oxygen atoms in total. The summed E-state index contributed by atoms with van der Waals surface area (Å²) in [6.07, 6.45) is 0. The van der Waals surface area contributed by atoms with Crippen LogP contribution < -0.4 is 0 Å². The van der Waals surface area contributed by atoms with E-state index in [0.29, 0.717) is 10.9 Å². The van der Waals surface area contributed by atoms with Gasteiger partial charge in [-0.25, -0.2) is 0 Å². The topological polar surface area (TPSA) is 0 Å². The molecule has 0 atom stereocenters. The van der Waals surface area contributed by atoms with Gasteiger partial charge in [-0.05, 0) is 39.2 Å². The van der Waals surface area contributed by atoms with Crippen molar-refractivity contribution in [1.82, 2.24) is 0 Å². The molecule has 2 aromatic carbocycles. The van der Waals surface area contributed by atoms with Crippen molar-refractivity contribution >= 4 is 10.8 Å². The van der Waals surface area contributed by atoms with E-state index >= 15 is 0 Å². The zero-order valence-corrected chi connectivity index (χ0v) is 12.7. The van der Waals surface area contributed by atoms with Crippen molar-refractivity contribution in [1.29, 1.82) is 0 Å². The van der Waals surface area contributed by atoms with Gasteiger partial charge in [0.1, 0.15) is 0 Å². The minimum absolute atomic E-state index is 0.0209. The van der Waals surface area contributed by atoms with Gasteiger partial charge in [0.25, 0.3) is 0 Å². The van der Waals surface area contributed by atoms with Crippen LogP contribution in [0.15, 0.2) is 36.3 Å². The lowest BCUT2D eigenvalue weighted by atomic mass is 9.70. The Balaban J connectivity index is 3.29. The SMILES string of the molecule is [2H]c1c([2H])c([2H])c2c(C(C)(C)C(C)C)c(C(C)C)c([2H])c([2H])c2c1[2H]. The third kappa shape index (κ3) is 2.41. The Bertz CT molecular complexity index is 850. The van der Waals surface area contributed by atoms with Gasteiger partial charge < -0.3 is 0 Å². The Kier molecular flexibility index (Phi) is 2.13. The fourth-order valence-electron chi connectivity index (χ4n) is 2.31. The molecular formula is C19H26. The van der Waals surface area contributed by atoms with E-state index in [0.717, 1.165) is 5.56 Å². The highest BCUT2D eigenvalue weighted by Gasteiger charge is 2.29. The normalized spacial score (nSPS) is 17.1. The second-order valence-electron chi connectivity index (χ2n) is 6.32. The molecule has 0 N–H and O–H groups in total. The van der Waals surface area contributed by atoms with Crippen LogP contribution in [0.25, 0.3) is 10.8 Å². The van der Waals surface area contributed by atoms with Crippen molar-refractivity contribution < 1.29 is 8.22 Å². The summed E-state index contributed by atoms with van der Waals surface area (Å²) < 4.78 is 49.7. The Hall–Kier alpha value is -1.30. The van der Waals surface area contributed by atoms with E-state index in [1.165, 1.54) is 0 Å². The molecule has 0 spiro atoms. The Morgan fingerprint density at radius 1 is 0.947 bits per heavy atom. The Morgan fingerprint density at radius 3 is 2.16 bits per heavy atom. The van der Waals surface area contributed by atoms with Crippen molar-refractivity contribution in [2.75, 3.05) is 0 Å². The fourth-order valence-corrected chi connectivity index (χ4v) is 2.31. The van der Waals surface area contributed by atoms with Crippen LogP contribution >= 0.6 is 0 Å². The molecular weight excluding hydrogens is 228 g/mol. The van der Waals surface area contributed by atoms with Crippen molar-refractivity contribution in [3.05, 3.63) is 47.4 Å². The van der Waals surface area contributed by atoms with Crippen LogP contribution in [0.1, 0.15) is 66.8 Å². The lowest BCUT2D eigenvalue weighted by molar-refractivity contribution is 0.371. The molecule has 102 valence electrons. The largest absolute Gasteiger partial charge is 0.0629 e. The van der Waals surface area contributed by atoms with Gasteiger partial charge in [0.15, 0.2) is 0 Å². The lowest BCUT2D eigenvalue weighted by Crippen LogP contribution is -2.26. The summed E-state index contributed by atoms with van der Waals surface area (Å²) >= 11 is 0. The number of hydrogen-bond acceptors (Lipinski definition) is 0. The molecule has 0 saturated heterocycles.